The normalized spacial score (nSPS) is 27.3. The summed E-state index contributed by atoms with van der Waals surface area (Å²) in [6.07, 6.45) is 4.52. The van der Waals surface area contributed by atoms with Gasteiger partial charge in [0.15, 0.2) is 0 Å². The Morgan fingerprint density at radius 2 is 2.26 bits per heavy atom. The second-order valence-corrected chi connectivity index (χ2v) is 8.54. The molecule has 3 heterocycles. The molecule has 0 aromatic carbocycles. The van der Waals surface area contributed by atoms with Crippen molar-refractivity contribution in [2.45, 2.75) is 25.9 Å². The molecule has 2 atom stereocenters. The fourth-order valence-electron chi connectivity index (χ4n) is 3.50. The van der Waals surface area contributed by atoms with Crippen molar-refractivity contribution in [1.29, 1.82) is 0 Å². The monoisotopic (exact) mass is 339 g/mol. The van der Waals surface area contributed by atoms with E-state index < -0.39 is 10.0 Å². The fraction of sp³-hybridized carbons (Fsp3) is 0.688. The summed E-state index contributed by atoms with van der Waals surface area (Å²) >= 11 is 0. The Kier molecular flexibility index (Phi) is 5.31. The molecular weight excluding hydrogens is 314 g/mol. The molecule has 3 rings (SSSR count). The van der Waals surface area contributed by atoms with E-state index in [0.717, 1.165) is 31.7 Å². The van der Waals surface area contributed by atoms with Crippen molar-refractivity contribution in [1.82, 2.24) is 14.2 Å². The fourth-order valence-corrected chi connectivity index (χ4v) is 4.63. The lowest BCUT2D eigenvalue weighted by atomic mass is 9.92. The van der Waals surface area contributed by atoms with Crippen LogP contribution < -0.4 is 0 Å². The molecule has 0 amide bonds. The second kappa shape index (κ2) is 7.25. The summed E-state index contributed by atoms with van der Waals surface area (Å²) in [5, 5.41) is 0. The molecule has 0 N–H and O–H groups in total. The largest absolute Gasteiger partial charge is 0.380 e. The van der Waals surface area contributed by atoms with Crippen LogP contribution in [0.25, 0.3) is 0 Å². The molecule has 7 heteroatoms. The molecule has 0 unspecified atom stereocenters. The number of hydrogen-bond donors (Lipinski definition) is 0. The average molecular weight is 339 g/mol. The predicted octanol–water partition coefficient (Wildman–Crippen LogP) is 0.954. The minimum Gasteiger partial charge on any atom is -0.380 e. The molecule has 1 aromatic rings. The van der Waals surface area contributed by atoms with Gasteiger partial charge in [0.05, 0.1) is 19.0 Å². The van der Waals surface area contributed by atoms with Gasteiger partial charge in [-0.2, -0.15) is 0 Å². The Morgan fingerprint density at radius 3 is 3.00 bits per heavy atom. The maximum Gasteiger partial charge on any atom is 0.213 e. The van der Waals surface area contributed by atoms with E-state index in [9.17, 15) is 8.42 Å². The molecule has 0 spiro atoms. The Labute approximate surface area is 138 Å². The van der Waals surface area contributed by atoms with Gasteiger partial charge in [-0.25, -0.2) is 12.7 Å². The topological polar surface area (TPSA) is 62.7 Å². The Morgan fingerprint density at radius 1 is 1.39 bits per heavy atom. The first kappa shape index (κ1) is 16.8. The van der Waals surface area contributed by atoms with Crippen molar-refractivity contribution in [2.24, 2.45) is 5.92 Å². The molecule has 0 saturated carbocycles. The van der Waals surface area contributed by atoms with E-state index >= 15 is 0 Å². The lowest BCUT2D eigenvalue weighted by Gasteiger charge is -2.41. The van der Waals surface area contributed by atoms with Crippen LogP contribution >= 0.6 is 0 Å². The molecule has 6 nitrogen and oxygen atoms in total. The minimum absolute atomic E-state index is 0.170. The number of piperidine rings is 1. The zero-order valence-electron chi connectivity index (χ0n) is 13.6. The first-order valence-electron chi connectivity index (χ1n) is 8.28. The Hall–Kier alpha value is -1.02. The van der Waals surface area contributed by atoms with E-state index in [-0.39, 0.29) is 11.8 Å². The minimum atomic E-state index is -3.13. The molecule has 2 aliphatic heterocycles. The standard InChI is InChI=1S/C16H25N3O3S/c1-2-23(20,21)19-7-5-15-13-22-9-8-18(16(15)12-19)11-14-4-3-6-17-10-14/h3-4,6,10,15-16H,2,5,7-9,11-13H2,1H3/t15-,16-/m1/s1. The summed E-state index contributed by atoms with van der Waals surface area (Å²) in [5.74, 6) is 0.571. The van der Waals surface area contributed by atoms with Crippen LogP contribution in [0.1, 0.15) is 18.9 Å². The third-order valence-electron chi connectivity index (χ3n) is 4.87. The smallest absolute Gasteiger partial charge is 0.213 e. The van der Waals surface area contributed by atoms with Gasteiger partial charge < -0.3 is 4.74 Å². The molecule has 23 heavy (non-hydrogen) atoms. The van der Waals surface area contributed by atoms with E-state index in [1.807, 2.05) is 12.3 Å². The van der Waals surface area contributed by atoms with E-state index in [4.69, 9.17) is 4.74 Å². The number of nitrogens with zero attached hydrogens (tertiary/aromatic N) is 3. The summed E-state index contributed by atoms with van der Waals surface area (Å²) in [6, 6.07) is 4.22. The molecule has 0 aliphatic carbocycles. The lowest BCUT2D eigenvalue weighted by molar-refractivity contribution is 0.0767. The van der Waals surface area contributed by atoms with Crippen molar-refractivity contribution in [2.75, 3.05) is 38.6 Å². The highest BCUT2D eigenvalue weighted by molar-refractivity contribution is 7.89. The first-order valence-corrected chi connectivity index (χ1v) is 9.89. The van der Waals surface area contributed by atoms with Gasteiger partial charge in [0.2, 0.25) is 10.0 Å². The zero-order chi connectivity index (χ0) is 16.3. The van der Waals surface area contributed by atoms with Crippen LogP contribution in [-0.4, -0.2) is 67.2 Å². The number of ether oxygens (including phenoxy) is 1. The van der Waals surface area contributed by atoms with Crippen LogP contribution in [0, 0.1) is 5.92 Å². The highest BCUT2D eigenvalue weighted by Gasteiger charge is 2.38. The first-order chi connectivity index (χ1) is 11.1. The third-order valence-corrected chi connectivity index (χ3v) is 6.72. The number of aromatic nitrogens is 1. The molecule has 2 saturated heterocycles. The van der Waals surface area contributed by atoms with Crippen molar-refractivity contribution in [3.63, 3.8) is 0 Å². The number of sulfonamides is 1. The average Bonchev–Trinajstić information content (AvgIpc) is 2.78. The predicted molar refractivity (Wildman–Crippen MR) is 88.4 cm³/mol. The van der Waals surface area contributed by atoms with Gasteiger partial charge in [0, 0.05) is 50.5 Å². The highest BCUT2D eigenvalue weighted by atomic mass is 32.2. The maximum absolute atomic E-state index is 12.2. The molecule has 1 aromatic heterocycles. The SMILES string of the molecule is CCS(=O)(=O)N1CC[C@@H]2COCCN(Cc3cccnc3)[C@@H]2C1. The van der Waals surface area contributed by atoms with Gasteiger partial charge in [-0.3, -0.25) is 9.88 Å². The molecule has 128 valence electrons. The molecule has 2 fully saturated rings. The van der Waals surface area contributed by atoms with Crippen LogP contribution in [0.15, 0.2) is 24.5 Å². The lowest BCUT2D eigenvalue weighted by Crippen LogP contribution is -2.54. The second-order valence-electron chi connectivity index (χ2n) is 6.28. The van der Waals surface area contributed by atoms with Crippen molar-refractivity contribution < 1.29 is 13.2 Å². The number of rotatable bonds is 4. The molecule has 0 bridgehead atoms. The van der Waals surface area contributed by atoms with Gasteiger partial charge >= 0.3 is 0 Å². The van der Waals surface area contributed by atoms with Crippen LogP contribution in [0.5, 0.6) is 0 Å². The number of fused-ring (bicyclic) bond motifs is 1. The van der Waals surface area contributed by atoms with Crippen molar-refractivity contribution in [3.8, 4) is 0 Å². The summed E-state index contributed by atoms with van der Waals surface area (Å²) in [4.78, 5) is 6.55. The number of hydrogen-bond acceptors (Lipinski definition) is 5. The van der Waals surface area contributed by atoms with Gasteiger partial charge in [-0.1, -0.05) is 6.07 Å². The van der Waals surface area contributed by atoms with Crippen LogP contribution in [0.3, 0.4) is 0 Å². The summed E-state index contributed by atoms with van der Waals surface area (Å²) in [6.45, 7) is 5.95. The summed E-state index contributed by atoms with van der Waals surface area (Å²) in [7, 11) is -3.13. The van der Waals surface area contributed by atoms with Gasteiger partial charge in [0.25, 0.3) is 0 Å². The maximum atomic E-state index is 12.2. The van der Waals surface area contributed by atoms with Crippen LogP contribution in [-0.2, 0) is 21.3 Å². The van der Waals surface area contributed by atoms with E-state index in [1.165, 1.54) is 0 Å². The summed E-state index contributed by atoms with van der Waals surface area (Å²) < 4.78 is 31.9. The highest BCUT2D eigenvalue weighted by Crippen LogP contribution is 2.27. The van der Waals surface area contributed by atoms with Crippen molar-refractivity contribution >= 4 is 10.0 Å². The zero-order valence-corrected chi connectivity index (χ0v) is 14.4. The van der Waals surface area contributed by atoms with Gasteiger partial charge in [-0.05, 0) is 25.0 Å². The Bertz CT molecular complexity index is 608. The molecule has 0 radical (unpaired) electrons. The van der Waals surface area contributed by atoms with Crippen LogP contribution in [0.4, 0.5) is 0 Å². The van der Waals surface area contributed by atoms with E-state index in [1.54, 1.807) is 17.4 Å². The van der Waals surface area contributed by atoms with E-state index in [2.05, 4.69) is 16.0 Å². The molecule has 2 aliphatic rings. The Balaban J connectivity index is 1.78. The summed E-state index contributed by atoms with van der Waals surface area (Å²) in [5.41, 5.74) is 1.16. The van der Waals surface area contributed by atoms with Gasteiger partial charge in [0.1, 0.15) is 0 Å². The van der Waals surface area contributed by atoms with E-state index in [0.29, 0.717) is 25.6 Å². The van der Waals surface area contributed by atoms with Crippen molar-refractivity contribution in [3.05, 3.63) is 30.1 Å². The number of pyridine rings is 1. The van der Waals surface area contributed by atoms with Crippen LogP contribution in [0.2, 0.25) is 0 Å². The quantitative estimate of drug-likeness (QED) is 0.817. The van der Waals surface area contributed by atoms with Gasteiger partial charge in [-0.15, -0.1) is 0 Å². The third kappa shape index (κ3) is 3.91. The molecular formula is C16H25N3O3S.